The van der Waals surface area contributed by atoms with E-state index in [9.17, 15) is 19.7 Å². The Morgan fingerprint density at radius 1 is 1.50 bits per heavy atom. The van der Waals surface area contributed by atoms with Gasteiger partial charge in [-0.25, -0.2) is 4.79 Å². The Kier molecular flexibility index (Phi) is 4.29. The van der Waals surface area contributed by atoms with E-state index in [-0.39, 0.29) is 21.6 Å². The maximum absolute atomic E-state index is 12.3. The Balaban J connectivity index is 2.32. The van der Waals surface area contributed by atoms with E-state index in [0.717, 1.165) is 6.07 Å². The zero-order valence-corrected chi connectivity index (χ0v) is 12.4. The van der Waals surface area contributed by atoms with Crippen LogP contribution in [-0.4, -0.2) is 44.5 Å². The van der Waals surface area contributed by atoms with Crippen molar-refractivity contribution < 1.29 is 19.6 Å². The van der Waals surface area contributed by atoms with Gasteiger partial charge in [0.2, 0.25) is 0 Å². The summed E-state index contributed by atoms with van der Waals surface area (Å²) in [6, 6.07) is 3.09. The number of nitrogens with zero attached hydrogens (tertiary/aromatic N) is 2. The predicted molar refractivity (Wildman–Crippen MR) is 75.7 cm³/mol. The number of halogens is 1. The second-order valence-corrected chi connectivity index (χ2v) is 5.91. The molecule has 0 saturated carbocycles. The van der Waals surface area contributed by atoms with Crippen LogP contribution in [0.5, 0.6) is 0 Å². The van der Waals surface area contributed by atoms with Gasteiger partial charge >= 0.3 is 5.97 Å². The average molecular weight is 361 g/mol. The number of carboxylic acid groups (broad SMARTS) is 1. The van der Waals surface area contributed by atoms with E-state index in [1.165, 1.54) is 28.8 Å². The van der Waals surface area contributed by atoms with Crippen LogP contribution in [0.2, 0.25) is 0 Å². The van der Waals surface area contributed by atoms with E-state index in [1.54, 1.807) is 0 Å². The van der Waals surface area contributed by atoms with Crippen LogP contribution in [0.4, 0.5) is 5.69 Å². The summed E-state index contributed by atoms with van der Waals surface area (Å²) in [5.41, 5.74) is -0.122. The van der Waals surface area contributed by atoms with Gasteiger partial charge in [0.25, 0.3) is 11.6 Å². The van der Waals surface area contributed by atoms with Crippen molar-refractivity contribution in [2.45, 2.75) is 6.04 Å². The Morgan fingerprint density at radius 2 is 2.20 bits per heavy atom. The van der Waals surface area contributed by atoms with Crippen molar-refractivity contribution in [2.75, 3.05) is 11.6 Å². The van der Waals surface area contributed by atoms with Gasteiger partial charge in [-0.1, -0.05) is 0 Å². The molecule has 0 radical (unpaired) electrons. The Hall–Kier alpha value is -1.61. The molecule has 1 aliphatic rings. The fraction of sp³-hybridized carbons (Fsp3) is 0.273. The molecule has 7 nitrogen and oxygen atoms in total. The van der Waals surface area contributed by atoms with E-state index < -0.39 is 22.8 Å². The number of amides is 1. The molecule has 1 aromatic rings. The van der Waals surface area contributed by atoms with Crippen LogP contribution in [0.15, 0.2) is 22.7 Å². The summed E-state index contributed by atoms with van der Waals surface area (Å²) in [7, 11) is 0. The molecular formula is C11H9BrN2O5S. The highest BCUT2D eigenvalue weighted by Crippen LogP contribution is 2.28. The normalized spacial score (nSPS) is 18.1. The number of rotatable bonds is 3. The molecule has 1 atom stereocenters. The molecule has 1 fully saturated rings. The third-order valence-electron chi connectivity index (χ3n) is 2.82. The van der Waals surface area contributed by atoms with E-state index in [4.69, 9.17) is 5.11 Å². The summed E-state index contributed by atoms with van der Waals surface area (Å²) in [5.74, 6) is -1.01. The molecule has 0 aliphatic carbocycles. The van der Waals surface area contributed by atoms with Gasteiger partial charge < -0.3 is 10.0 Å². The lowest BCUT2D eigenvalue weighted by atomic mass is 10.1. The van der Waals surface area contributed by atoms with Gasteiger partial charge in [-0.05, 0) is 28.1 Å². The topological polar surface area (TPSA) is 101 Å². The summed E-state index contributed by atoms with van der Waals surface area (Å²) in [6.07, 6.45) is 0. The highest BCUT2D eigenvalue weighted by molar-refractivity contribution is 9.10. The molecule has 1 unspecified atom stereocenters. The lowest BCUT2D eigenvalue weighted by molar-refractivity contribution is -0.385. The van der Waals surface area contributed by atoms with Crippen LogP contribution in [0.3, 0.4) is 0 Å². The minimum absolute atomic E-state index is 0.105. The van der Waals surface area contributed by atoms with Gasteiger partial charge in [-0.15, -0.1) is 11.8 Å². The molecule has 106 valence electrons. The minimum atomic E-state index is -1.07. The van der Waals surface area contributed by atoms with Crippen molar-refractivity contribution in [1.82, 2.24) is 4.90 Å². The number of carbonyl (C=O) groups excluding carboxylic acids is 1. The highest BCUT2D eigenvalue weighted by atomic mass is 79.9. The van der Waals surface area contributed by atoms with Crippen molar-refractivity contribution >= 4 is 45.3 Å². The molecule has 2 rings (SSSR count). The van der Waals surface area contributed by atoms with Crippen LogP contribution in [0.25, 0.3) is 0 Å². The largest absolute Gasteiger partial charge is 0.480 e. The van der Waals surface area contributed by atoms with Crippen LogP contribution < -0.4 is 0 Å². The molecule has 0 aromatic heterocycles. The Bertz CT molecular complexity index is 594. The first kappa shape index (κ1) is 14.8. The molecule has 0 spiro atoms. The van der Waals surface area contributed by atoms with E-state index in [0.29, 0.717) is 5.75 Å². The van der Waals surface area contributed by atoms with Crippen LogP contribution >= 0.6 is 27.7 Å². The first-order chi connectivity index (χ1) is 9.41. The van der Waals surface area contributed by atoms with Gasteiger partial charge in [0, 0.05) is 17.4 Å². The number of hydrogen-bond acceptors (Lipinski definition) is 5. The first-order valence-electron chi connectivity index (χ1n) is 5.47. The maximum Gasteiger partial charge on any atom is 0.327 e. The van der Waals surface area contributed by atoms with Crippen molar-refractivity contribution in [3.8, 4) is 0 Å². The number of hydrogen-bond donors (Lipinski definition) is 1. The van der Waals surface area contributed by atoms with E-state index in [2.05, 4.69) is 15.9 Å². The van der Waals surface area contributed by atoms with Crippen LogP contribution in [0.1, 0.15) is 10.4 Å². The number of nitro benzene ring substituents is 1. The molecule has 20 heavy (non-hydrogen) atoms. The van der Waals surface area contributed by atoms with E-state index >= 15 is 0 Å². The number of thioether (sulfide) groups is 1. The van der Waals surface area contributed by atoms with Crippen molar-refractivity contribution in [3.05, 3.63) is 38.3 Å². The quantitative estimate of drug-likeness (QED) is 0.652. The highest BCUT2D eigenvalue weighted by Gasteiger charge is 2.35. The van der Waals surface area contributed by atoms with Crippen LogP contribution in [-0.2, 0) is 4.79 Å². The molecule has 1 aromatic carbocycles. The zero-order valence-electron chi connectivity index (χ0n) is 9.98. The molecule has 1 saturated heterocycles. The van der Waals surface area contributed by atoms with Gasteiger partial charge in [0.1, 0.15) is 6.04 Å². The number of aliphatic carboxylic acids is 1. The summed E-state index contributed by atoms with van der Waals surface area (Å²) >= 11 is 4.37. The van der Waals surface area contributed by atoms with Crippen molar-refractivity contribution in [3.63, 3.8) is 0 Å². The first-order valence-corrected chi connectivity index (χ1v) is 7.42. The molecule has 1 heterocycles. The Morgan fingerprint density at radius 3 is 2.80 bits per heavy atom. The fourth-order valence-electron chi connectivity index (χ4n) is 1.80. The van der Waals surface area contributed by atoms with Gasteiger partial charge in [0.05, 0.1) is 15.3 Å². The minimum Gasteiger partial charge on any atom is -0.480 e. The predicted octanol–water partition coefficient (Wildman–Crippen LogP) is 1.96. The summed E-state index contributed by atoms with van der Waals surface area (Å²) < 4.78 is 0.268. The lowest BCUT2D eigenvalue weighted by Crippen LogP contribution is -2.41. The summed E-state index contributed by atoms with van der Waals surface area (Å²) in [4.78, 5) is 34.8. The zero-order chi connectivity index (χ0) is 14.9. The molecule has 1 aliphatic heterocycles. The molecular weight excluding hydrogens is 352 g/mol. The van der Waals surface area contributed by atoms with E-state index in [1.807, 2.05) is 0 Å². The summed E-state index contributed by atoms with van der Waals surface area (Å²) in [5, 5.41) is 19.9. The number of carboxylic acids is 1. The number of nitro groups is 1. The van der Waals surface area contributed by atoms with Gasteiger partial charge in [-0.2, -0.15) is 0 Å². The smallest absolute Gasteiger partial charge is 0.327 e. The second kappa shape index (κ2) is 5.80. The Labute approximate surface area is 126 Å². The van der Waals surface area contributed by atoms with Gasteiger partial charge in [0.15, 0.2) is 0 Å². The number of benzene rings is 1. The van der Waals surface area contributed by atoms with Crippen LogP contribution in [0, 0.1) is 10.1 Å². The lowest BCUT2D eigenvalue weighted by Gasteiger charge is -2.20. The standard InChI is InChI=1S/C11H9BrN2O5S/c12-7-2-1-6(3-8(7)14(18)19)10(15)13-5-20-4-9(13)11(16)17/h1-3,9H,4-5H2,(H,16,17). The van der Waals surface area contributed by atoms with Crippen molar-refractivity contribution in [1.29, 1.82) is 0 Å². The number of carbonyl (C=O) groups is 2. The third-order valence-corrected chi connectivity index (χ3v) is 4.50. The fourth-order valence-corrected chi connectivity index (χ4v) is 3.34. The molecule has 1 N–H and O–H groups in total. The SMILES string of the molecule is O=C(O)C1CSCN1C(=O)c1ccc(Br)c([N+](=O)[O-])c1. The molecule has 0 bridgehead atoms. The monoisotopic (exact) mass is 360 g/mol. The van der Waals surface area contributed by atoms with Crippen molar-refractivity contribution in [2.24, 2.45) is 0 Å². The maximum atomic E-state index is 12.3. The third kappa shape index (κ3) is 2.78. The summed E-state index contributed by atoms with van der Waals surface area (Å²) in [6.45, 7) is 0. The molecule has 9 heteroatoms. The second-order valence-electron chi connectivity index (χ2n) is 4.05. The van der Waals surface area contributed by atoms with Gasteiger partial charge in [-0.3, -0.25) is 14.9 Å². The average Bonchev–Trinajstić information content (AvgIpc) is 2.87. The molecule has 1 amide bonds.